The molecule has 0 radical (unpaired) electrons. The number of benzene rings is 1. The van der Waals surface area contributed by atoms with E-state index in [2.05, 4.69) is 21.2 Å². The van der Waals surface area contributed by atoms with Gasteiger partial charge < -0.3 is 10.1 Å². The topological polar surface area (TPSA) is 92.4 Å². The van der Waals surface area contributed by atoms with Gasteiger partial charge in [-0.15, -0.1) is 0 Å². The number of likely N-dealkylation sites (tertiary alicyclic amines) is 1. The quantitative estimate of drug-likeness (QED) is 0.769. The molecule has 7 nitrogen and oxygen atoms in total. The molecule has 1 N–H and O–H groups in total. The molecule has 0 aliphatic carbocycles. The van der Waals surface area contributed by atoms with Crippen molar-refractivity contribution in [2.24, 2.45) is 0 Å². The molecule has 2 aliphatic heterocycles. The van der Waals surface area contributed by atoms with Gasteiger partial charge in [-0.3, -0.25) is 14.6 Å². The first-order valence-corrected chi connectivity index (χ1v) is 9.84. The number of nitrogens with zero attached hydrogens (tertiary/aromatic N) is 4. The fraction of sp³-hybridized carbons (Fsp3) is 0.571. The van der Waals surface area contributed by atoms with Crippen molar-refractivity contribution in [1.29, 1.82) is 10.5 Å². The monoisotopic (exact) mass is 381 g/mol. The van der Waals surface area contributed by atoms with Gasteiger partial charge in [-0.1, -0.05) is 0 Å². The van der Waals surface area contributed by atoms with Gasteiger partial charge >= 0.3 is 0 Å². The maximum Gasteiger partial charge on any atom is 0.234 e. The first-order valence-electron chi connectivity index (χ1n) is 9.84. The Labute approximate surface area is 166 Å². The molecule has 0 spiro atoms. The number of ether oxygens (including phenoxy) is 1. The second-order valence-electron chi connectivity index (χ2n) is 7.82. The summed E-state index contributed by atoms with van der Waals surface area (Å²) in [5, 5.41) is 21.2. The average Bonchev–Trinajstić information content (AvgIpc) is 2.90. The van der Waals surface area contributed by atoms with E-state index in [4.69, 9.17) is 10.00 Å². The number of carbonyl (C=O) groups excluding carboxylic acids is 1. The molecule has 2 saturated heterocycles. The number of fused-ring (bicyclic) bond motifs is 2. The summed E-state index contributed by atoms with van der Waals surface area (Å²) in [7, 11) is 0. The summed E-state index contributed by atoms with van der Waals surface area (Å²) in [6, 6.07) is 10.1. The van der Waals surface area contributed by atoms with Crippen molar-refractivity contribution >= 4 is 5.91 Å². The second-order valence-corrected chi connectivity index (χ2v) is 7.82. The van der Waals surface area contributed by atoms with Crippen LogP contribution in [0.25, 0.3) is 0 Å². The minimum atomic E-state index is 0.0935. The van der Waals surface area contributed by atoms with E-state index in [9.17, 15) is 10.1 Å². The number of hydrogen-bond donors (Lipinski definition) is 1. The summed E-state index contributed by atoms with van der Waals surface area (Å²) in [6.07, 6.45) is 2.29. The van der Waals surface area contributed by atoms with Crippen LogP contribution in [0.15, 0.2) is 18.2 Å². The number of nitriles is 2. The van der Waals surface area contributed by atoms with E-state index >= 15 is 0 Å². The van der Waals surface area contributed by atoms with Crippen molar-refractivity contribution in [3.8, 4) is 17.9 Å². The van der Waals surface area contributed by atoms with Gasteiger partial charge in [0.15, 0.2) is 0 Å². The number of piperazine rings is 1. The Morgan fingerprint density at radius 3 is 2.57 bits per heavy atom. The van der Waals surface area contributed by atoms with E-state index in [1.807, 2.05) is 19.9 Å². The number of rotatable bonds is 7. The maximum absolute atomic E-state index is 12.0. The molecule has 2 atom stereocenters. The SMILES string of the molecule is CC(C)NC(=O)CN1CC2CCC(C1)N2CCOc1ccc(C#N)cc1C#N. The van der Waals surface area contributed by atoms with E-state index in [1.165, 1.54) is 0 Å². The van der Waals surface area contributed by atoms with E-state index in [0.29, 0.717) is 42.1 Å². The lowest BCUT2D eigenvalue weighted by Crippen LogP contribution is -2.56. The van der Waals surface area contributed by atoms with Gasteiger partial charge in [-0.05, 0) is 44.9 Å². The molecule has 2 bridgehead atoms. The molecule has 1 aromatic carbocycles. The van der Waals surface area contributed by atoms with Crippen LogP contribution in [0.1, 0.15) is 37.8 Å². The lowest BCUT2D eigenvalue weighted by Gasteiger charge is -2.40. The minimum Gasteiger partial charge on any atom is -0.491 e. The molecule has 2 fully saturated rings. The van der Waals surface area contributed by atoms with Gasteiger partial charge in [-0.2, -0.15) is 10.5 Å². The molecule has 148 valence electrons. The van der Waals surface area contributed by atoms with E-state index < -0.39 is 0 Å². The second kappa shape index (κ2) is 9.05. The minimum absolute atomic E-state index is 0.0935. The predicted octanol–water partition coefficient (Wildman–Crippen LogP) is 1.48. The van der Waals surface area contributed by atoms with Crippen LogP contribution in [0.5, 0.6) is 5.75 Å². The van der Waals surface area contributed by atoms with Gasteiger partial charge in [0.2, 0.25) is 5.91 Å². The summed E-state index contributed by atoms with van der Waals surface area (Å²) in [4.78, 5) is 16.8. The van der Waals surface area contributed by atoms with Gasteiger partial charge in [-0.25, -0.2) is 0 Å². The van der Waals surface area contributed by atoms with Crippen LogP contribution in [-0.4, -0.2) is 66.6 Å². The zero-order chi connectivity index (χ0) is 20.1. The Bertz CT molecular complexity index is 781. The van der Waals surface area contributed by atoms with Gasteiger partial charge in [0.25, 0.3) is 0 Å². The summed E-state index contributed by atoms with van der Waals surface area (Å²) in [5.74, 6) is 0.619. The van der Waals surface area contributed by atoms with Crippen LogP contribution in [0.3, 0.4) is 0 Å². The van der Waals surface area contributed by atoms with Crippen LogP contribution in [-0.2, 0) is 4.79 Å². The van der Waals surface area contributed by atoms with Gasteiger partial charge in [0, 0.05) is 37.8 Å². The van der Waals surface area contributed by atoms with Crippen LogP contribution >= 0.6 is 0 Å². The van der Waals surface area contributed by atoms with Crippen molar-refractivity contribution in [3.05, 3.63) is 29.3 Å². The maximum atomic E-state index is 12.0. The first kappa shape index (κ1) is 20.1. The highest BCUT2D eigenvalue weighted by Crippen LogP contribution is 2.30. The van der Waals surface area contributed by atoms with Crippen LogP contribution in [0, 0.1) is 22.7 Å². The molecule has 2 heterocycles. The van der Waals surface area contributed by atoms with E-state index in [0.717, 1.165) is 32.5 Å². The molecular formula is C21H27N5O2. The predicted molar refractivity (Wildman–Crippen MR) is 105 cm³/mol. The van der Waals surface area contributed by atoms with Gasteiger partial charge in [0.05, 0.1) is 23.7 Å². The number of amides is 1. The lowest BCUT2D eigenvalue weighted by molar-refractivity contribution is -0.123. The lowest BCUT2D eigenvalue weighted by atomic mass is 10.1. The fourth-order valence-corrected chi connectivity index (χ4v) is 4.22. The van der Waals surface area contributed by atoms with Crippen molar-refractivity contribution in [3.63, 3.8) is 0 Å². The Hall–Kier alpha value is -2.61. The highest BCUT2D eigenvalue weighted by atomic mass is 16.5. The first-order chi connectivity index (χ1) is 13.5. The number of nitrogens with one attached hydrogen (secondary N) is 1. The van der Waals surface area contributed by atoms with E-state index in [-0.39, 0.29) is 11.9 Å². The molecule has 3 rings (SSSR count). The Morgan fingerprint density at radius 2 is 1.96 bits per heavy atom. The fourth-order valence-electron chi connectivity index (χ4n) is 4.22. The molecule has 0 aromatic heterocycles. The number of hydrogen-bond acceptors (Lipinski definition) is 6. The van der Waals surface area contributed by atoms with Crippen LogP contribution in [0.2, 0.25) is 0 Å². The summed E-state index contributed by atoms with van der Waals surface area (Å²) in [5.41, 5.74) is 0.850. The smallest absolute Gasteiger partial charge is 0.234 e. The molecule has 2 aliphatic rings. The van der Waals surface area contributed by atoms with Crippen molar-refractivity contribution in [1.82, 2.24) is 15.1 Å². The molecule has 0 saturated carbocycles. The van der Waals surface area contributed by atoms with Crippen molar-refractivity contribution in [2.45, 2.75) is 44.8 Å². The molecule has 2 unspecified atom stereocenters. The third-order valence-corrected chi connectivity index (χ3v) is 5.36. The summed E-state index contributed by atoms with van der Waals surface area (Å²) in [6.45, 7) is 7.53. The molecule has 7 heteroatoms. The largest absolute Gasteiger partial charge is 0.491 e. The highest BCUT2D eigenvalue weighted by molar-refractivity contribution is 5.78. The molecular weight excluding hydrogens is 354 g/mol. The third kappa shape index (κ3) is 4.81. The van der Waals surface area contributed by atoms with Gasteiger partial charge in [0.1, 0.15) is 18.4 Å². The highest BCUT2D eigenvalue weighted by Gasteiger charge is 2.39. The summed E-state index contributed by atoms with van der Waals surface area (Å²) >= 11 is 0. The van der Waals surface area contributed by atoms with Crippen molar-refractivity contribution < 1.29 is 9.53 Å². The molecule has 1 aromatic rings. The molecule has 1 amide bonds. The Balaban J connectivity index is 1.50. The Morgan fingerprint density at radius 1 is 1.25 bits per heavy atom. The Kier molecular flexibility index (Phi) is 6.51. The summed E-state index contributed by atoms with van der Waals surface area (Å²) < 4.78 is 5.84. The van der Waals surface area contributed by atoms with E-state index in [1.54, 1.807) is 18.2 Å². The zero-order valence-electron chi connectivity index (χ0n) is 16.5. The zero-order valence-corrected chi connectivity index (χ0v) is 16.5. The molecule has 28 heavy (non-hydrogen) atoms. The third-order valence-electron chi connectivity index (χ3n) is 5.36. The standard InChI is InChI=1S/C21H27N5O2/c1-15(2)24-21(27)14-25-12-18-4-5-19(13-25)26(18)7-8-28-20-6-3-16(10-22)9-17(20)11-23/h3,6,9,15,18-19H,4-5,7-8,12-14H2,1-2H3,(H,24,27). The van der Waals surface area contributed by atoms with Crippen LogP contribution < -0.4 is 10.1 Å². The number of carbonyl (C=O) groups is 1. The average molecular weight is 381 g/mol. The van der Waals surface area contributed by atoms with Crippen molar-refractivity contribution in [2.75, 3.05) is 32.8 Å². The normalized spacial score (nSPS) is 21.9. The van der Waals surface area contributed by atoms with Crippen LogP contribution in [0.4, 0.5) is 0 Å².